The molecule has 2 N–H and O–H groups in total. The third-order valence-corrected chi connectivity index (χ3v) is 3.32. The van der Waals surface area contributed by atoms with Crippen molar-refractivity contribution in [2.24, 2.45) is 5.73 Å². The molecule has 100 valence electrons. The first-order valence-corrected chi connectivity index (χ1v) is 6.90. The molecule has 0 amide bonds. The van der Waals surface area contributed by atoms with Gasteiger partial charge >= 0.3 is 0 Å². The molecule has 0 saturated carbocycles. The molecule has 1 aromatic heterocycles. The Morgan fingerprint density at radius 3 is 2.63 bits per heavy atom. The van der Waals surface area contributed by atoms with E-state index in [9.17, 15) is 0 Å². The topological polar surface area (TPSA) is 43.8 Å². The second-order valence-electron chi connectivity index (χ2n) is 3.90. The molecule has 0 spiro atoms. The normalized spacial score (nSPS) is 11.5. The number of aromatic nitrogens is 2. The molecule has 0 aliphatic heterocycles. The van der Waals surface area contributed by atoms with Crippen LogP contribution in [0.1, 0.15) is 17.0 Å². The maximum Gasteiger partial charge on any atom is 0.248 e. The van der Waals surface area contributed by atoms with Crippen LogP contribution in [-0.2, 0) is 10.3 Å². The lowest BCUT2D eigenvalue weighted by molar-refractivity contribution is 0.737. The Labute approximate surface area is 131 Å². The molecule has 0 bridgehead atoms. The first-order valence-electron chi connectivity index (χ1n) is 5.35. The average molecular weight is 335 g/mol. The molecule has 3 nitrogen and oxygen atoms in total. The third kappa shape index (κ3) is 3.39. The molecule has 1 aromatic carbocycles. The van der Waals surface area contributed by atoms with Crippen LogP contribution in [0.5, 0.6) is 0 Å². The quantitative estimate of drug-likeness (QED) is 0.691. The Balaban J connectivity index is 2.38. The van der Waals surface area contributed by atoms with Gasteiger partial charge in [0.1, 0.15) is 4.99 Å². The van der Waals surface area contributed by atoms with Crippen LogP contribution < -0.4 is 5.73 Å². The molecule has 0 aliphatic carbocycles. The van der Waals surface area contributed by atoms with Gasteiger partial charge in [-0.1, -0.05) is 71.3 Å². The summed E-state index contributed by atoms with van der Waals surface area (Å²) in [5.41, 5.74) is 7.45. The van der Waals surface area contributed by atoms with E-state index in [2.05, 4.69) is 4.98 Å². The Kier molecular flexibility index (Phi) is 4.36. The second kappa shape index (κ2) is 5.67. The van der Waals surface area contributed by atoms with E-state index in [4.69, 9.17) is 52.8 Å². The van der Waals surface area contributed by atoms with Crippen molar-refractivity contribution in [3.8, 4) is 0 Å². The number of nitrogens with two attached hydrogens (primary N) is 1. The summed E-state index contributed by atoms with van der Waals surface area (Å²) in [6.45, 7) is 0.483. The summed E-state index contributed by atoms with van der Waals surface area (Å²) in [7, 11) is 0. The molecular weight excluding hydrogens is 325 g/mol. The van der Waals surface area contributed by atoms with Gasteiger partial charge in [0, 0.05) is 24.5 Å². The van der Waals surface area contributed by atoms with Crippen molar-refractivity contribution >= 4 is 52.0 Å². The highest BCUT2D eigenvalue weighted by Crippen LogP contribution is 2.37. The Hall–Kier alpha value is -0.810. The number of benzene rings is 1. The zero-order valence-corrected chi connectivity index (χ0v) is 12.8. The summed E-state index contributed by atoms with van der Waals surface area (Å²) in [6.07, 6.45) is 3.33. The summed E-state index contributed by atoms with van der Waals surface area (Å²) in [5, 5.41) is 0. The molecule has 0 atom stereocenters. The fourth-order valence-electron chi connectivity index (χ4n) is 1.77. The molecule has 0 saturated heterocycles. The summed E-state index contributed by atoms with van der Waals surface area (Å²) in [6, 6.07) is 7.57. The van der Waals surface area contributed by atoms with Crippen LogP contribution in [0.25, 0.3) is 0 Å². The van der Waals surface area contributed by atoms with E-state index in [1.165, 1.54) is 0 Å². The van der Waals surface area contributed by atoms with Crippen molar-refractivity contribution in [3.63, 3.8) is 0 Å². The number of hydrogen-bond donors (Lipinski definition) is 1. The molecule has 19 heavy (non-hydrogen) atoms. The smallest absolute Gasteiger partial charge is 0.248 e. The van der Waals surface area contributed by atoms with Gasteiger partial charge in [-0.25, -0.2) is 4.98 Å². The van der Waals surface area contributed by atoms with Crippen LogP contribution in [0.15, 0.2) is 36.7 Å². The van der Waals surface area contributed by atoms with Gasteiger partial charge in [0.05, 0.1) is 0 Å². The van der Waals surface area contributed by atoms with Crippen molar-refractivity contribution in [3.05, 3.63) is 53.6 Å². The molecule has 0 unspecified atom stereocenters. The van der Waals surface area contributed by atoms with Crippen LogP contribution in [-0.4, -0.2) is 14.5 Å². The van der Waals surface area contributed by atoms with E-state index in [0.717, 1.165) is 11.1 Å². The van der Waals surface area contributed by atoms with Crippen molar-refractivity contribution in [1.29, 1.82) is 0 Å². The highest BCUT2D eigenvalue weighted by Gasteiger charge is 2.28. The third-order valence-electron chi connectivity index (χ3n) is 2.59. The monoisotopic (exact) mass is 333 g/mol. The van der Waals surface area contributed by atoms with Crippen molar-refractivity contribution < 1.29 is 0 Å². The highest BCUT2D eigenvalue weighted by molar-refractivity contribution is 7.80. The van der Waals surface area contributed by atoms with Gasteiger partial charge in [0.25, 0.3) is 0 Å². The number of nitrogens with zero attached hydrogens (tertiary/aromatic N) is 2. The molecular formula is C12H10Cl3N3S. The average Bonchev–Trinajstić information content (AvgIpc) is 2.77. The van der Waals surface area contributed by atoms with Crippen molar-refractivity contribution in [1.82, 2.24) is 9.55 Å². The lowest BCUT2D eigenvalue weighted by atomic mass is 10.1. The maximum absolute atomic E-state index is 5.87. The van der Waals surface area contributed by atoms with Crippen molar-refractivity contribution in [2.45, 2.75) is 10.3 Å². The molecule has 1 heterocycles. The molecule has 0 aliphatic rings. The maximum atomic E-state index is 5.87. The Morgan fingerprint density at radius 1 is 1.32 bits per heavy atom. The number of alkyl halides is 3. The van der Waals surface area contributed by atoms with E-state index in [1.807, 2.05) is 24.3 Å². The van der Waals surface area contributed by atoms with Crippen LogP contribution in [0.2, 0.25) is 0 Å². The molecule has 7 heteroatoms. The minimum atomic E-state index is -1.57. The fourth-order valence-corrected chi connectivity index (χ4v) is 2.45. The number of hydrogen-bond acceptors (Lipinski definition) is 2. The number of rotatable bonds is 3. The number of imidazole rings is 1. The summed E-state index contributed by atoms with van der Waals surface area (Å²) in [5.74, 6) is 0.357. The first kappa shape index (κ1) is 14.6. The Morgan fingerprint density at radius 2 is 2.00 bits per heavy atom. The predicted octanol–water partition coefficient (Wildman–Crippen LogP) is 3.39. The van der Waals surface area contributed by atoms with Crippen LogP contribution in [0.4, 0.5) is 0 Å². The van der Waals surface area contributed by atoms with Crippen LogP contribution in [0.3, 0.4) is 0 Å². The summed E-state index contributed by atoms with van der Waals surface area (Å²) >= 11 is 22.6. The molecule has 0 radical (unpaired) electrons. The SMILES string of the molecule is NC(=S)c1ccccc1Cn1ccnc1C(Cl)(Cl)Cl. The van der Waals surface area contributed by atoms with Gasteiger partial charge in [-0.05, 0) is 5.56 Å². The minimum absolute atomic E-state index is 0.339. The van der Waals surface area contributed by atoms with Crippen LogP contribution in [0, 0.1) is 0 Å². The lowest BCUT2D eigenvalue weighted by Gasteiger charge is -2.15. The Bertz CT molecular complexity index is 604. The zero-order valence-electron chi connectivity index (χ0n) is 9.69. The van der Waals surface area contributed by atoms with E-state index in [1.54, 1.807) is 17.0 Å². The largest absolute Gasteiger partial charge is 0.389 e. The predicted molar refractivity (Wildman–Crippen MR) is 82.9 cm³/mol. The van der Waals surface area contributed by atoms with Gasteiger partial charge in [-0.15, -0.1) is 0 Å². The van der Waals surface area contributed by atoms with Gasteiger partial charge in [-0.3, -0.25) is 0 Å². The fraction of sp³-hybridized carbons (Fsp3) is 0.167. The van der Waals surface area contributed by atoms with Crippen molar-refractivity contribution in [2.75, 3.05) is 0 Å². The van der Waals surface area contributed by atoms with Crippen LogP contribution >= 0.6 is 47.0 Å². The summed E-state index contributed by atoms with van der Waals surface area (Å²) in [4.78, 5) is 4.40. The standard InChI is InChI=1S/C12H10Cl3N3S/c13-12(14,15)11-17-5-6-18(11)7-8-3-1-2-4-9(8)10(16)19/h1-6H,7H2,(H2,16,19). The number of halogens is 3. The zero-order chi connectivity index (χ0) is 14.0. The van der Waals surface area contributed by atoms with E-state index < -0.39 is 3.79 Å². The number of thiocarbonyl (C=S) groups is 1. The minimum Gasteiger partial charge on any atom is -0.389 e. The summed E-state index contributed by atoms with van der Waals surface area (Å²) < 4.78 is 0.186. The molecule has 2 rings (SSSR count). The van der Waals surface area contributed by atoms with Gasteiger partial charge in [-0.2, -0.15) is 0 Å². The molecule has 2 aromatic rings. The van der Waals surface area contributed by atoms with Gasteiger partial charge in [0.2, 0.25) is 3.79 Å². The lowest BCUT2D eigenvalue weighted by Crippen LogP contribution is -2.16. The van der Waals surface area contributed by atoms with Gasteiger partial charge in [0.15, 0.2) is 5.82 Å². The van der Waals surface area contributed by atoms with E-state index >= 15 is 0 Å². The first-order chi connectivity index (χ1) is 8.89. The van der Waals surface area contributed by atoms with E-state index in [0.29, 0.717) is 17.4 Å². The molecule has 0 fully saturated rings. The highest BCUT2D eigenvalue weighted by atomic mass is 35.6. The van der Waals surface area contributed by atoms with Gasteiger partial charge < -0.3 is 10.3 Å². The van der Waals surface area contributed by atoms with E-state index in [-0.39, 0.29) is 0 Å². The second-order valence-corrected chi connectivity index (χ2v) is 6.62.